The van der Waals surface area contributed by atoms with Gasteiger partial charge in [0.2, 0.25) is 0 Å². The predicted molar refractivity (Wildman–Crippen MR) is 90.1 cm³/mol. The third-order valence-corrected chi connectivity index (χ3v) is 4.42. The summed E-state index contributed by atoms with van der Waals surface area (Å²) < 4.78 is 1.13. The topological polar surface area (TPSA) is 46.3 Å². The van der Waals surface area contributed by atoms with Crippen LogP contribution in [-0.2, 0) is 6.42 Å². The Balaban J connectivity index is 1.96. The van der Waals surface area contributed by atoms with Gasteiger partial charge in [-0.25, -0.2) is 0 Å². The molecule has 2 aromatic carbocycles. The number of hydrogen-bond donors (Lipinski definition) is 1. The van der Waals surface area contributed by atoms with Gasteiger partial charge in [-0.3, -0.25) is 4.79 Å². The van der Waals surface area contributed by atoms with E-state index in [4.69, 9.17) is 5.73 Å². The van der Waals surface area contributed by atoms with Gasteiger partial charge in [0, 0.05) is 27.1 Å². The van der Waals surface area contributed by atoms with Crippen LogP contribution in [0.1, 0.15) is 21.5 Å². The first-order chi connectivity index (χ1) is 9.56. The maximum absolute atomic E-state index is 12.6. The molecule has 0 radical (unpaired) electrons. The minimum absolute atomic E-state index is 0.0448. The number of anilines is 2. The number of halogens is 1. The van der Waals surface area contributed by atoms with E-state index in [0.717, 1.165) is 39.0 Å². The van der Waals surface area contributed by atoms with Crippen molar-refractivity contribution in [2.75, 3.05) is 17.2 Å². The fourth-order valence-corrected chi connectivity index (χ4v) is 2.90. The molecule has 2 N–H and O–H groups in total. The van der Waals surface area contributed by atoms with Crippen LogP contribution in [0.5, 0.6) is 0 Å². The number of nitrogens with two attached hydrogens (primary N) is 1. The normalized spacial score (nSPS) is 13.4. The predicted octanol–water partition coefficient (Wildman–Crippen LogP) is 3.38. The van der Waals surface area contributed by atoms with Crippen LogP contribution in [-0.4, -0.2) is 12.5 Å². The van der Waals surface area contributed by atoms with E-state index < -0.39 is 0 Å². The van der Waals surface area contributed by atoms with Crippen molar-refractivity contribution in [3.63, 3.8) is 0 Å². The molecule has 0 aliphatic carbocycles. The molecule has 0 saturated carbocycles. The van der Waals surface area contributed by atoms with Gasteiger partial charge >= 0.3 is 0 Å². The zero-order valence-electron chi connectivity index (χ0n) is 11.2. The van der Waals surface area contributed by atoms with Gasteiger partial charge in [-0.2, -0.15) is 0 Å². The lowest BCUT2D eigenvalue weighted by Gasteiger charge is -2.18. The lowest BCUT2D eigenvalue weighted by molar-refractivity contribution is 0.0989. The molecule has 102 valence electrons. The summed E-state index contributed by atoms with van der Waals surface area (Å²) in [6, 6.07) is 11.7. The van der Waals surface area contributed by atoms with E-state index in [1.807, 2.05) is 42.2 Å². The molecule has 20 heavy (non-hydrogen) atoms. The second kappa shape index (κ2) is 5.09. The molecule has 1 amide bonds. The summed E-state index contributed by atoms with van der Waals surface area (Å²) in [5, 5.41) is 0. The largest absolute Gasteiger partial charge is 0.398 e. The van der Waals surface area contributed by atoms with Crippen molar-refractivity contribution in [3.05, 3.63) is 56.7 Å². The van der Waals surface area contributed by atoms with Gasteiger partial charge in [-0.15, -0.1) is 0 Å². The zero-order valence-corrected chi connectivity index (χ0v) is 13.3. The lowest BCUT2D eigenvalue weighted by Crippen LogP contribution is -2.28. The third-order valence-electron chi connectivity index (χ3n) is 3.70. The van der Waals surface area contributed by atoms with Crippen LogP contribution in [0.25, 0.3) is 0 Å². The standard InChI is InChI=1S/C16H15IN2O/c1-10-8-12-6-7-19(15(12)9-14(10)18)16(20)11-2-4-13(17)5-3-11/h2-5,8-9H,6-7,18H2,1H3. The van der Waals surface area contributed by atoms with Gasteiger partial charge in [-0.1, -0.05) is 6.07 Å². The van der Waals surface area contributed by atoms with Crippen molar-refractivity contribution in [2.24, 2.45) is 0 Å². The molecule has 3 rings (SSSR count). The molecule has 0 fully saturated rings. The number of nitrogen functional groups attached to an aromatic ring is 1. The second-order valence-corrected chi connectivity index (χ2v) is 6.30. The Kier molecular flexibility index (Phi) is 3.41. The maximum Gasteiger partial charge on any atom is 0.258 e. The number of aryl methyl sites for hydroxylation is 1. The van der Waals surface area contributed by atoms with Crippen LogP contribution in [0.3, 0.4) is 0 Å². The van der Waals surface area contributed by atoms with Crippen LogP contribution in [0.2, 0.25) is 0 Å². The van der Waals surface area contributed by atoms with Crippen molar-refractivity contribution in [2.45, 2.75) is 13.3 Å². The molecule has 1 aliphatic heterocycles. The molecule has 0 atom stereocenters. The minimum atomic E-state index is 0.0448. The van der Waals surface area contributed by atoms with Crippen molar-refractivity contribution >= 4 is 39.9 Å². The number of rotatable bonds is 1. The SMILES string of the molecule is Cc1cc2c(cc1N)N(C(=O)c1ccc(I)cc1)CC2. The summed E-state index contributed by atoms with van der Waals surface area (Å²) in [4.78, 5) is 14.4. The van der Waals surface area contributed by atoms with Gasteiger partial charge in [0.05, 0.1) is 0 Å². The number of benzene rings is 2. The number of amides is 1. The monoisotopic (exact) mass is 378 g/mol. The number of carbonyl (C=O) groups is 1. The van der Waals surface area contributed by atoms with Gasteiger partial charge in [0.15, 0.2) is 0 Å². The first kappa shape index (κ1) is 13.4. The molecule has 0 unspecified atom stereocenters. The molecule has 0 aromatic heterocycles. The molecule has 0 spiro atoms. The maximum atomic E-state index is 12.6. The molecule has 0 bridgehead atoms. The fraction of sp³-hybridized carbons (Fsp3) is 0.188. The summed E-state index contributed by atoms with van der Waals surface area (Å²) in [6.07, 6.45) is 0.895. The summed E-state index contributed by atoms with van der Waals surface area (Å²) >= 11 is 2.23. The molecular weight excluding hydrogens is 363 g/mol. The molecule has 2 aromatic rings. The van der Waals surface area contributed by atoms with Crippen LogP contribution in [0, 0.1) is 10.5 Å². The Morgan fingerprint density at radius 2 is 1.95 bits per heavy atom. The van der Waals surface area contributed by atoms with Gasteiger partial charge in [0.25, 0.3) is 5.91 Å². The second-order valence-electron chi connectivity index (χ2n) is 5.05. The van der Waals surface area contributed by atoms with E-state index in [1.54, 1.807) is 0 Å². The van der Waals surface area contributed by atoms with Crippen molar-refractivity contribution in [1.82, 2.24) is 0 Å². The number of carbonyl (C=O) groups excluding carboxylic acids is 1. The highest BCUT2D eigenvalue weighted by atomic mass is 127. The Morgan fingerprint density at radius 3 is 2.65 bits per heavy atom. The van der Waals surface area contributed by atoms with Crippen molar-refractivity contribution in [1.29, 1.82) is 0 Å². The van der Waals surface area contributed by atoms with Gasteiger partial charge in [0.1, 0.15) is 0 Å². The summed E-state index contributed by atoms with van der Waals surface area (Å²) in [6.45, 7) is 2.72. The van der Waals surface area contributed by atoms with E-state index in [-0.39, 0.29) is 5.91 Å². The van der Waals surface area contributed by atoms with Crippen molar-refractivity contribution in [3.8, 4) is 0 Å². The minimum Gasteiger partial charge on any atom is -0.398 e. The van der Waals surface area contributed by atoms with Gasteiger partial charge in [-0.05, 0) is 77.4 Å². The number of nitrogens with zero attached hydrogens (tertiary/aromatic N) is 1. The highest BCUT2D eigenvalue weighted by Gasteiger charge is 2.26. The molecule has 1 aliphatic rings. The Labute approximate surface area is 131 Å². The highest BCUT2D eigenvalue weighted by molar-refractivity contribution is 14.1. The van der Waals surface area contributed by atoms with E-state index in [9.17, 15) is 4.79 Å². The summed E-state index contributed by atoms with van der Waals surface area (Å²) in [7, 11) is 0. The number of hydrogen-bond acceptors (Lipinski definition) is 2. The zero-order chi connectivity index (χ0) is 14.3. The fourth-order valence-electron chi connectivity index (χ4n) is 2.54. The Hall–Kier alpha value is -1.56. The van der Waals surface area contributed by atoms with E-state index in [1.165, 1.54) is 5.56 Å². The number of fused-ring (bicyclic) bond motifs is 1. The van der Waals surface area contributed by atoms with Crippen LogP contribution in [0.4, 0.5) is 11.4 Å². The molecule has 1 heterocycles. The average molecular weight is 378 g/mol. The Morgan fingerprint density at radius 1 is 1.25 bits per heavy atom. The smallest absolute Gasteiger partial charge is 0.258 e. The quantitative estimate of drug-likeness (QED) is 0.611. The first-order valence-electron chi connectivity index (χ1n) is 6.52. The molecule has 0 saturated heterocycles. The van der Waals surface area contributed by atoms with Crippen LogP contribution < -0.4 is 10.6 Å². The Bertz CT molecular complexity index is 680. The first-order valence-corrected chi connectivity index (χ1v) is 7.60. The molecular formula is C16H15IN2O. The van der Waals surface area contributed by atoms with Crippen LogP contribution in [0.15, 0.2) is 36.4 Å². The van der Waals surface area contributed by atoms with Crippen LogP contribution >= 0.6 is 22.6 Å². The summed E-state index contributed by atoms with van der Waals surface area (Å²) in [5.74, 6) is 0.0448. The van der Waals surface area contributed by atoms with Gasteiger partial charge < -0.3 is 10.6 Å². The lowest BCUT2D eigenvalue weighted by atomic mass is 10.1. The van der Waals surface area contributed by atoms with E-state index in [0.29, 0.717) is 0 Å². The average Bonchev–Trinajstić information content (AvgIpc) is 2.82. The van der Waals surface area contributed by atoms with E-state index >= 15 is 0 Å². The third kappa shape index (κ3) is 2.28. The van der Waals surface area contributed by atoms with E-state index in [2.05, 4.69) is 28.7 Å². The molecule has 3 nitrogen and oxygen atoms in total. The summed E-state index contributed by atoms with van der Waals surface area (Å²) in [5.41, 5.74) is 10.7. The highest BCUT2D eigenvalue weighted by Crippen LogP contribution is 2.33. The molecule has 4 heteroatoms. The van der Waals surface area contributed by atoms with Crippen molar-refractivity contribution < 1.29 is 4.79 Å².